The Morgan fingerprint density at radius 3 is 2.48 bits per heavy atom. The number of aromatic nitrogens is 6. The van der Waals surface area contributed by atoms with Gasteiger partial charge >= 0.3 is 0 Å². The predicted octanol–water partition coefficient (Wildman–Crippen LogP) is 3.14. The largest absolute Gasteiger partial charge is 0.382 e. The molecule has 0 radical (unpaired) electrons. The number of halogens is 2. The molecule has 2 aliphatic heterocycles. The third-order valence-electron chi connectivity index (χ3n) is 9.04. The van der Waals surface area contributed by atoms with Gasteiger partial charge in [-0.05, 0) is 56.5 Å². The summed E-state index contributed by atoms with van der Waals surface area (Å²) < 4.78 is 41.1. The van der Waals surface area contributed by atoms with Crippen LogP contribution in [-0.2, 0) is 16.1 Å². The third kappa shape index (κ3) is 5.10. The minimum atomic E-state index is -1.96. The Balaban J connectivity index is 1.26. The molecule has 6 heterocycles. The highest BCUT2D eigenvalue weighted by Crippen LogP contribution is 2.40. The van der Waals surface area contributed by atoms with Crippen molar-refractivity contribution in [2.75, 3.05) is 25.4 Å². The number of alkyl halides is 1. The van der Waals surface area contributed by atoms with Gasteiger partial charge in [-0.2, -0.15) is 9.78 Å². The zero-order chi connectivity index (χ0) is 33.9. The fourth-order valence-electron chi connectivity index (χ4n) is 6.83. The van der Waals surface area contributed by atoms with Gasteiger partial charge in [-0.3, -0.25) is 19.1 Å². The lowest BCUT2D eigenvalue weighted by molar-refractivity contribution is -0.143. The number of nitrogens with two attached hydrogens (primary N) is 2. The van der Waals surface area contributed by atoms with Crippen LogP contribution in [0.2, 0.25) is 0 Å². The van der Waals surface area contributed by atoms with Crippen molar-refractivity contribution in [1.82, 2.24) is 33.8 Å². The summed E-state index contributed by atoms with van der Waals surface area (Å²) in [5, 5.41) is 4.42. The summed E-state index contributed by atoms with van der Waals surface area (Å²) in [4.78, 5) is 48.5. The zero-order valence-electron chi connectivity index (χ0n) is 26.3. The van der Waals surface area contributed by atoms with Crippen LogP contribution in [0.25, 0.3) is 22.5 Å². The molecule has 248 valence electrons. The number of anilines is 1. The van der Waals surface area contributed by atoms with Crippen LogP contribution >= 0.6 is 0 Å². The molecule has 2 amide bonds. The number of benzene rings is 1. The van der Waals surface area contributed by atoms with Crippen molar-refractivity contribution in [3.05, 3.63) is 93.7 Å². The lowest BCUT2D eigenvalue weighted by Gasteiger charge is -2.34. The molecule has 0 bridgehead atoms. The van der Waals surface area contributed by atoms with E-state index in [4.69, 9.17) is 16.2 Å². The molecular formula is C33H33F2N9O4. The van der Waals surface area contributed by atoms with Crippen molar-refractivity contribution in [3.63, 3.8) is 0 Å². The number of carbonyl (C=O) groups is 2. The molecule has 0 saturated carbocycles. The number of nitrogen functional groups attached to an aromatic ring is 1. The predicted molar refractivity (Wildman–Crippen MR) is 171 cm³/mol. The number of pyridine rings is 1. The molecule has 48 heavy (non-hydrogen) atoms. The van der Waals surface area contributed by atoms with Crippen molar-refractivity contribution in [3.8, 4) is 16.9 Å². The van der Waals surface area contributed by atoms with Crippen LogP contribution in [0.5, 0.6) is 0 Å². The van der Waals surface area contributed by atoms with Crippen LogP contribution in [-0.4, -0.2) is 71.0 Å². The number of fused-ring (bicyclic) bond motifs is 2. The number of nitrogens with zero attached hydrogens (tertiary/aromatic N) is 7. The van der Waals surface area contributed by atoms with E-state index in [9.17, 15) is 18.8 Å². The summed E-state index contributed by atoms with van der Waals surface area (Å²) in [6.07, 6.45) is 2.99. The van der Waals surface area contributed by atoms with Gasteiger partial charge in [0.2, 0.25) is 0 Å². The second kappa shape index (κ2) is 11.7. The van der Waals surface area contributed by atoms with E-state index >= 15 is 4.39 Å². The van der Waals surface area contributed by atoms with E-state index in [0.717, 1.165) is 5.69 Å². The van der Waals surface area contributed by atoms with Gasteiger partial charge in [-0.15, -0.1) is 0 Å². The van der Waals surface area contributed by atoms with Gasteiger partial charge in [0, 0.05) is 42.0 Å². The third-order valence-corrected chi connectivity index (χ3v) is 9.04. The minimum absolute atomic E-state index is 0.0580. The second-order valence-electron chi connectivity index (χ2n) is 12.5. The number of carbonyl (C=O) groups excluding carboxylic acids is 2. The monoisotopic (exact) mass is 657 g/mol. The number of rotatable bonds is 6. The lowest BCUT2D eigenvalue weighted by Crippen LogP contribution is -2.46. The summed E-state index contributed by atoms with van der Waals surface area (Å²) in [5.74, 6) is -1.68. The van der Waals surface area contributed by atoms with Crippen molar-refractivity contribution in [1.29, 1.82) is 0 Å². The van der Waals surface area contributed by atoms with Gasteiger partial charge in [-0.25, -0.2) is 23.3 Å². The van der Waals surface area contributed by atoms with Crippen LogP contribution < -0.4 is 17.0 Å². The topological polar surface area (TPSA) is 169 Å². The number of hydrogen-bond donors (Lipinski definition) is 2. The fourth-order valence-corrected chi connectivity index (χ4v) is 6.83. The number of amides is 2. The Kier molecular flexibility index (Phi) is 7.58. The fraction of sp³-hybridized carbons (Fsp3) is 0.333. The molecule has 15 heteroatoms. The maximum Gasteiger partial charge on any atom is 0.286 e. The van der Waals surface area contributed by atoms with Crippen LogP contribution in [0.15, 0.2) is 59.8 Å². The first-order valence-electron chi connectivity index (χ1n) is 15.5. The number of ether oxygens (including phenoxy) is 1. The van der Waals surface area contributed by atoms with Crippen LogP contribution in [0.4, 0.5) is 14.6 Å². The SMILES string of the molecule is CC(C)(F)C(=O)N1CCC(c2cc(-c3ccc(C4OCCn5c4c(C(N)=O)c(=O)n5-c4ccccn4)cc3F)c3c(N)ncnn23)CC1. The van der Waals surface area contributed by atoms with Crippen molar-refractivity contribution in [2.45, 2.75) is 50.9 Å². The minimum Gasteiger partial charge on any atom is -0.382 e. The van der Waals surface area contributed by atoms with E-state index in [1.165, 1.54) is 42.0 Å². The van der Waals surface area contributed by atoms with Gasteiger partial charge in [0.25, 0.3) is 17.4 Å². The molecule has 0 spiro atoms. The Morgan fingerprint density at radius 2 is 1.81 bits per heavy atom. The average Bonchev–Trinajstić information content (AvgIpc) is 3.60. The summed E-state index contributed by atoms with van der Waals surface area (Å²) in [7, 11) is 0. The molecule has 2 aliphatic rings. The summed E-state index contributed by atoms with van der Waals surface area (Å²) in [6, 6.07) is 11.4. The van der Waals surface area contributed by atoms with Crippen LogP contribution in [0.1, 0.15) is 66.0 Å². The first-order valence-corrected chi connectivity index (χ1v) is 15.5. The number of piperidine rings is 1. The van der Waals surface area contributed by atoms with Crippen LogP contribution in [0, 0.1) is 5.82 Å². The molecular weight excluding hydrogens is 624 g/mol. The summed E-state index contributed by atoms with van der Waals surface area (Å²) in [6.45, 7) is 3.65. The van der Waals surface area contributed by atoms with E-state index in [1.54, 1.807) is 39.5 Å². The number of primary amides is 1. The number of likely N-dealkylation sites (tertiary alicyclic amines) is 1. The average molecular weight is 658 g/mol. The highest BCUT2D eigenvalue weighted by Gasteiger charge is 2.37. The molecule has 5 aromatic rings. The summed E-state index contributed by atoms with van der Waals surface area (Å²) in [5.41, 5.74) is 11.6. The number of hydrogen-bond acceptors (Lipinski definition) is 8. The molecule has 4 N–H and O–H groups in total. The van der Waals surface area contributed by atoms with Gasteiger partial charge in [-0.1, -0.05) is 18.2 Å². The molecule has 1 saturated heterocycles. The summed E-state index contributed by atoms with van der Waals surface area (Å²) >= 11 is 0. The first kappa shape index (κ1) is 31.2. The Morgan fingerprint density at radius 1 is 1.04 bits per heavy atom. The van der Waals surface area contributed by atoms with E-state index < -0.39 is 35.0 Å². The maximum absolute atomic E-state index is 16.2. The van der Waals surface area contributed by atoms with Crippen molar-refractivity contribution >= 4 is 23.1 Å². The van der Waals surface area contributed by atoms with Crippen molar-refractivity contribution in [2.24, 2.45) is 5.73 Å². The molecule has 0 aliphatic carbocycles. The smallest absolute Gasteiger partial charge is 0.286 e. The van der Waals surface area contributed by atoms with Gasteiger partial charge in [0.15, 0.2) is 17.3 Å². The molecule has 4 aromatic heterocycles. The molecule has 7 rings (SSSR count). The lowest BCUT2D eigenvalue weighted by atomic mass is 9.92. The Bertz CT molecular complexity index is 2130. The molecule has 1 atom stereocenters. The van der Waals surface area contributed by atoms with Gasteiger partial charge in [0.05, 0.1) is 18.8 Å². The second-order valence-corrected chi connectivity index (χ2v) is 12.5. The van der Waals surface area contributed by atoms with E-state index in [1.807, 2.05) is 6.07 Å². The zero-order valence-corrected chi connectivity index (χ0v) is 26.3. The van der Waals surface area contributed by atoms with E-state index in [0.29, 0.717) is 48.4 Å². The standard InChI is InChI=1S/C33H33F2N9O4/c1-33(2,35)32(47)41-11-8-18(9-12-41)23-16-21(26-29(36)39-17-40-43(23)26)20-7-6-19(15-22(20)34)28-27-25(30(37)45)31(46)44(42(27)13-14-48-28)24-5-3-4-10-38-24/h3-7,10,15-18,28H,8-9,11-14H2,1-2H3,(H2,37,45)(H2,36,39,40). The maximum atomic E-state index is 16.2. The van der Waals surface area contributed by atoms with Crippen LogP contribution in [0.3, 0.4) is 0 Å². The van der Waals surface area contributed by atoms with Gasteiger partial charge < -0.3 is 21.1 Å². The Hall–Kier alpha value is -5.44. The van der Waals surface area contributed by atoms with E-state index in [2.05, 4.69) is 15.1 Å². The molecule has 13 nitrogen and oxygen atoms in total. The first-order chi connectivity index (χ1) is 23.0. The normalized spacial score (nSPS) is 17.1. The molecule has 1 fully saturated rings. The highest BCUT2D eigenvalue weighted by atomic mass is 19.1. The highest BCUT2D eigenvalue weighted by molar-refractivity contribution is 5.94. The van der Waals surface area contributed by atoms with Gasteiger partial charge in [0.1, 0.15) is 29.3 Å². The van der Waals surface area contributed by atoms with E-state index in [-0.39, 0.29) is 41.7 Å². The Labute approximate surface area is 272 Å². The quantitative estimate of drug-likeness (QED) is 0.281. The molecule has 1 unspecified atom stereocenters. The van der Waals surface area contributed by atoms with Crippen molar-refractivity contribution < 1.29 is 23.1 Å². The molecule has 1 aromatic carbocycles.